The second kappa shape index (κ2) is 8.70. The lowest BCUT2D eigenvalue weighted by atomic mass is 10.2. The molecule has 0 atom stereocenters. The number of hydrogen-bond acceptors (Lipinski definition) is 4. The van der Waals surface area contributed by atoms with E-state index in [9.17, 15) is 14.9 Å². The molecule has 0 aliphatic rings. The Morgan fingerprint density at radius 2 is 1.88 bits per heavy atom. The molecule has 3 N–H and O–H groups in total. The zero-order valence-corrected chi connectivity index (χ0v) is 14.8. The summed E-state index contributed by atoms with van der Waals surface area (Å²) in [5.41, 5.74) is 7.20. The molecule has 2 aromatic rings. The van der Waals surface area contributed by atoms with Crippen LogP contribution in [0.2, 0.25) is 5.02 Å². The van der Waals surface area contributed by atoms with E-state index < -0.39 is 5.91 Å². The zero-order valence-electron chi connectivity index (χ0n) is 14.1. The maximum absolute atomic E-state index is 12.3. The van der Waals surface area contributed by atoms with Gasteiger partial charge in [-0.25, -0.2) is 0 Å². The van der Waals surface area contributed by atoms with Crippen LogP contribution in [0, 0.1) is 11.3 Å². The van der Waals surface area contributed by atoms with Crippen molar-refractivity contribution in [3.63, 3.8) is 0 Å². The van der Waals surface area contributed by atoms with E-state index in [1.165, 1.54) is 18.0 Å². The van der Waals surface area contributed by atoms with Gasteiger partial charge in [0.2, 0.25) is 5.91 Å². The third kappa shape index (κ3) is 4.85. The predicted molar refractivity (Wildman–Crippen MR) is 101 cm³/mol. The van der Waals surface area contributed by atoms with E-state index in [2.05, 4.69) is 5.32 Å². The van der Waals surface area contributed by atoms with Gasteiger partial charge in [-0.05, 0) is 35.9 Å². The lowest BCUT2D eigenvalue weighted by Gasteiger charge is -2.17. The van der Waals surface area contributed by atoms with Crippen molar-refractivity contribution in [2.45, 2.75) is 13.5 Å². The van der Waals surface area contributed by atoms with Crippen molar-refractivity contribution in [2.75, 3.05) is 10.6 Å². The van der Waals surface area contributed by atoms with Gasteiger partial charge in [-0.1, -0.05) is 29.8 Å². The van der Waals surface area contributed by atoms with Crippen molar-refractivity contribution in [3.05, 3.63) is 70.9 Å². The first-order valence-electron chi connectivity index (χ1n) is 7.71. The Morgan fingerprint density at radius 1 is 1.23 bits per heavy atom. The van der Waals surface area contributed by atoms with Gasteiger partial charge in [0.15, 0.2) is 0 Å². The molecule has 2 rings (SSSR count). The number of nitrogen functional groups attached to an aromatic ring is 1. The highest BCUT2D eigenvalue weighted by atomic mass is 35.5. The molecule has 132 valence electrons. The molecule has 0 heterocycles. The monoisotopic (exact) mass is 368 g/mol. The number of carbonyl (C=O) groups is 2. The molecule has 0 fully saturated rings. The molecule has 0 aliphatic carbocycles. The molecule has 0 saturated heterocycles. The molecule has 0 radical (unpaired) electrons. The fourth-order valence-corrected chi connectivity index (χ4v) is 2.36. The van der Waals surface area contributed by atoms with E-state index in [-0.39, 0.29) is 18.0 Å². The number of amides is 2. The van der Waals surface area contributed by atoms with Crippen LogP contribution in [0.3, 0.4) is 0 Å². The molecule has 0 saturated carbocycles. The summed E-state index contributed by atoms with van der Waals surface area (Å²) in [4.78, 5) is 25.4. The third-order valence-electron chi connectivity index (χ3n) is 3.53. The number of nitriles is 1. The summed E-state index contributed by atoms with van der Waals surface area (Å²) < 4.78 is 0. The first kappa shape index (κ1) is 19.0. The summed E-state index contributed by atoms with van der Waals surface area (Å²) in [6.07, 6.45) is 1.20. The van der Waals surface area contributed by atoms with E-state index in [4.69, 9.17) is 17.3 Å². The van der Waals surface area contributed by atoms with Crippen LogP contribution < -0.4 is 16.0 Å². The Bertz CT molecular complexity index is 885. The highest BCUT2D eigenvalue weighted by Gasteiger charge is 2.15. The van der Waals surface area contributed by atoms with Crippen LogP contribution in [-0.4, -0.2) is 11.8 Å². The Kier molecular flexibility index (Phi) is 6.36. The molecular formula is C19H17ClN4O2. The number of anilines is 2. The molecule has 0 spiro atoms. The minimum Gasteiger partial charge on any atom is -0.399 e. The predicted octanol–water partition coefficient (Wildman–Crippen LogP) is 3.00. The minimum absolute atomic E-state index is 0.166. The van der Waals surface area contributed by atoms with Crippen molar-refractivity contribution in [1.82, 2.24) is 5.32 Å². The largest absolute Gasteiger partial charge is 0.399 e. The molecule has 0 unspecified atom stereocenters. The number of carbonyl (C=O) groups excluding carboxylic acids is 2. The minimum atomic E-state index is -0.603. The zero-order chi connectivity index (χ0) is 19.1. The maximum atomic E-state index is 12.3. The Hall–Kier alpha value is -3.30. The highest BCUT2D eigenvalue weighted by molar-refractivity contribution is 6.31. The number of rotatable bonds is 5. The molecule has 2 aromatic carbocycles. The van der Waals surface area contributed by atoms with Gasteiger partial charge in [-0.2, -0.15) is 5.26 Å². The molecule has 6 nitrogen and oxygen atoms in total. The maximum Gasteiger partial charge on any atom is 0.263 e. The van der Waals surface area contributed by atoms with Gasteiger partial charge < -0.3 is 11.1 Å². The molecule has 7 heteroatoms. The topological polar surface area (TPSA) is 99.2 Å². The van der Waals surface area contributed by atoms with Crippen LogP contribution in [0.5, 0.6) is 0 Å². The molecule has 2 amide bonds. The summed E-state index contributed by atoms with van der Waals surface area (Å²) in [5, 5.41) is 12.4. The van der Waals surface area contributed by atoms with E-state index in [1.54, 1.807) is 48.5 Å². The van der Waals surface area contributed by atoms with Gasteiger partial charge >= 0.3 is 0 Å². The number of nitrogens with two attached hydrogens (primary N) is 1. The van der Waals surface area contributed by atoms with Crippen LogP contribution in [-0.2, 0) is 16.1 Å². The van der Waals surface area contributed by atoms with Crippen molar-refractivity contribution < 1.29 is 9.59 Å². The van der Waals surface area contributed by atoms with Crippen molar-refractivity contribution in [1.29, 1.82) is 5.26 Å². The summed E-state index contributed by atoms with van der Waals surface area (Å²) in [6, 6.07) is 15.4. The summed E-state index contributed by atoms with van der Waals surface area (Å²) in [6.45, 7) is 1.50. The second-order valence-electron chi connectivity index (χ2n) is 5.41. The fraction of sp³-hybridized carbons (Fsp3) is 0.105. The summed E-state index contributed by atoms with van der Waals surface area (Å²) >= 11 is 6.05. The standard InChI is InChI=1S/C19H17ClN4O2/c1-13(25)24(17-8-6-16(22)7-9-17)12-15(10-21)19(26)23-11-14-4-2-3-5-18(14)20/h2-9,12H,11,22H2,1H3,(H,23,26)/b15-12-. The third-order valence-corrected chi connectivity index (χ3v) is 3.90. The van der Waals surface area contributed by atoms with Crippen molar-refractivity contribution >= 4 is 34.8 Å². The molecule has 26 heavy (non-hydrogen) atoms. The number of nitrogens with one attached hydrogen (secondary N) is 1. The normalized spacial score (nSPS) is 10.7. The van der Waals surface area contributed by atoms with E-state index in [0.29, 0.717) is 16.4 Å². The second-order valence-corrected chi connectivity index (χ2v) is 5.82. The van der Waals surface area contributed by atoms with E-state index in [1.807, 2.05) is 6.07 Å². The van der Waals surface area contributed by atoms with E-state index >= 15 is 0 Å². The number of benzene rings is 2. The number of hydrogen-bond donors (Lipinski definition) is 2. The smallest absolute Gasteiger partial charge is 0.263 e. The molecule has 0 aromatic heterocycles. The quantitative estimate of drug-likeness (QED) is 0.481. The SMILES string of the molecule is CC(=O)N(/C=C(/C#N)C(=O)NCc1ccccc1Cl)c1ccc(N)cc1. The number of halogens is 1. The average molecular weight is 369 g/mol. The first-order valence-corrected chi connectivity index (χ1v) is 8.09. The van der Waals surface area contributed by atoms with Crippen molar-refractivity contribution in [3.8, 4) is 6.07 Å². The highest BCUT2D eigenvalue weighted by Crippen LogP contribution is 2.18. The molecule has 0 bridgehead atoms. The average Bonchev–Trinajstić information content (AvgIpc) is 2.62. The van der Waals surface area contributed by atoms with Crippen LogP contribution >= 0.6 is 11.6 Å². The first-order chi connectivity index (χ1) is 12.4. The number of nitrogens with zero attached hydrogens (tertiary/aromatic N) is 2. The molecule has 0 aliphatic heterocycles. The van der Waals surface area contributed by atoms with Crippen LogP contribution in [0.1, 0.15) is 12.5 Å². The van der Waals surface area contributed by atoms with Gasteiger partial charge in [-0.15, -0.1) is 0 Å². The lowest BCUT2D eigenvalue weighted by Crippen LogP contribution is -2.28. The fourth-order valence-electron chi connectivity index (χ4n) is 2.16. The summed E-state index contributed by atoms with van der Waals surface area (Å²) in [7, 11) is 0. The van der Waals surface area contributed by atoms with E-state index in [0.717, 1.165) is 5.56 Å². The molecular weight excluding hydrogens is 352 g/mol. The van der Waals surface area contributed by atoms with Gasteiger partial charge in [-0.3, -0.25) is 14.5 Å². The van der Waals surface area contributed by atoms with Crippen molar-refractivity contribution in [2.24, 2.45) is 0 Å². The Balaban J connectivity index is 2.19. The Morgan fingerprint density at radius 3 is 2.46 bits per heavy atom. The van der Waals surface area contributed by atoms with Crippen LogP contribution in [0.25, 0.3) is 0 Å². The van der Waals surface area contributed by atoms with Crippen LogP contribution in [0.15, 0.2) is 60.3 Å². The van der Waals surface area contributed by atoms with Gasteiger partial charge in [0.25, 0.3) is 5.91 Å². The van der Waals surface area contributed by atoms with Gasteiger partial charge in [0.1, 0.15) is 11.6 Å². The van der Waals surface area contributed by atoms with Gasteiger partial charge in [0.05, 0.1) is 0 Å². The van der Waals surface area contributed by atoms with Crippen LogP contribution in [0.4, 0.5) is 11.4 Å². The lowest BCUT2D eigenvalue weighted by molar-refractivity contribution is -0.117. The Labute approximate surface area is 156 Å². The van der Waals surface area contributed by atoms with Gasteiger partial charge in [0, 0.05) is 36.1 Å². The summed E-state index contributed by atoms with van der Waals surface area (Å²) in [5.74, 6) is -0.949.